The van der Waals surface area contributed by atoms with Crippen molar-refractivity contribution in [1.29, 1.82) is 0 Å². The largest absolute Gasteiger partial charge is 0.493 e. The van der Waals surface area contributed by atoms with E-state index in [1.54, 1.807) is 44.6 Å². The van der Waals surface area contributed by atoms with Crippen molar-refractivity contribution in [3.63, 3.8) is 0 Å². The van der Waals surface area contributed by atoms with Gasteiger partial charge in [0.25, 0.3) is 15.9 Å². The number of ether oxygens (including phenoxy) is 2. The lowest BCUT2D eigenvalue weighted by Gasteiger charge is -2.24. The van der Waals surface area contributed by atoms with E-state index in [9.17, 15) is 13.2 Å². The molecular formula is C26H27ClN2O5S. The van der Waals surface area contributed by atoms with Crippen LogP contribution in [0.4, 0.5) is 5.69 Å². The van der Waals surface area contributed by atoms with E-state index in [1.807, 2.05) is 25.1 Å². The number of rotatable bonds is 8. The third-order valence-corrected chi connectivity index (χ3v) is 8.21. The first-order valence-electron chi connectivity index (χ1n) is 11.2. The molecule has 184 valence electrons. The summed E-state index contributed by atoms with van der Waals surface area (Å²) in [4.78, 5) is 13.0. The third-order valence-electron chi connectivity index (χ3n) is 6.01. The van der Waals surface area contributed by atoms with Gasteiger partial charge in [-0.1, -0.05) is 17.7 Å². The molecule has 0 aliphatic carbocycles. The van der Waals surface area contributed by atoms with Crippen LogP contribution in [0.25, 0.3) is 0 Å². The number of amides is 1. The zero-order chi connectivity index (χ0) is 25.2. The maximum Gasteiger partial charge on any atom is 0.264 e. The molecule has 0 fully saturated rings. The molecule has 0 spiro atoms. The number of benzene rings is 3. The Bertz CT molecular complexity index is 1340. The smallest absolute Gasteiger partial charge is 0.264 e. The van der Waals surface area contributed by atoms with E-state index in [0.717, 1.165) is 11.1 Å². The molecule has 3 aromatic rings. The lowest BCUT2D eigenvalue weighted by molar-refractivity contribution is 0.0954. The van der Waals surface area contributed by atoms with E-state index in [1.165, 1.54) is 16.4 Å². The van der Waals surface area contributed by atoms with Crippen LogP contribution in [0.1, 0.15) is 28.4 Å². The first-order chi connectivity index (χ1) is 16.7. The molecule has 1 heterocycles. The number of nitrogens with one attached hydrogen (secondary N) is 1. The van der Waals surface area contributed by atoms with Crippen LogP contribution in [-0.4, -0.2) is 41.1 Å². The van der Waals surface area contributed by atoms with E-state index < -0.39 is 10.0 Å². The van der Waals surface area contributed by atoms with Crippen LogP contribution in [0.5, 0.6) is 11.5 Å². The summed E-state index contributed by atoms with van der Waals surface area (Å²) in [5, 5.41) is 3.41. The lowest BCUT2D eigenvalue weighted by atomic mass is 10.1. The van der Waals surface area contributed by atoms with Crippen molar-refractivity contribution >= 4 is 33.2 Å². The maximum atomic E-state index is 13.3. The topological polar surface area (TPSA) is 84.9 Å². The number of fused-ring (bicyclic) bond motifs is 1. The van der Waals surface area contributed by atoms with Crippen molar-refractivity contribution in [2.45, 2.75) is 30.7 Å². The fourth-order valence-electron chi connectivity index (χ4n) is 4.29. The van der Waals surface area contributed by atoms with Crippen molar-refractivity contribution in [3.05, 3.63) is 82.4 Å². The van der Waals surface area contributed by atoms with Gasteiger partial charge in [0.2, 0.25) is 0 Å². The van der Waals surface area contributed by atoms with Gasteiger partial charge >= 0.3 is 0 Å². The van der Waals surface area contributed by atoms with Gasteiger partial charge in [-0.2, -0.15) is 0 Å². The van der Waals surface area contributed by atoms with Gasteiger partial charge in [0.1, 0.15) is 0 Å². The molecule has 0 unspecified atom stereocenters. The summed E-state index contributed by atoms with van der Waals surface area (Å²) in [6, 6.07) is 16.6. The van der Waals surface area contributed by atoms with E-state index in [-0.39, 0.29) is 16.8 Å². The quantitative estimate of drug-likeness (QED) is 0.479. The minimum atomic E-state index is -3.75. The highest BCUT2D eigenvalue weighted by Gasteiger charge is 2.36. The van der Waals surface area contributed by atoms with Crippen LogP contribution < -0.4 is 19.1 Å². The third kappa shape index (κ3) is 5.09. The minimum absolute atomic E-state index is 0.179. The Hall–Kier alpha value is -3.23. The Morgan fingerprint density at radius 2 is 1.74 bits per heavy atom. The first kappa shape index (κ1) is 24.9. The molecule has 1 aliphatic heterocycles. The summed E-state index contributed by atoms with van der Waals surface area (Å²) in [5.41, 5.74) is 2.92. The second kappa shape index (κ2) is 10.2. The molecule has 9 heteroatoms. The van der Waals surface area contributed by atoms with Crippen LogP contribution in [0.15, 0.2) is 65.6 Å². The Morgan fingerprint density at radius 3 is 2.43 bits per heavy atom. The molecule has 0 bridgehead atoms. The zero-order valence-electron chi connectivity index (χ0n) is 19.7. The fourth-order valence-corrected chi connectivity index (χ4v) is 6.11. The average Bonchev–Trinajstić information content (AvgIpc) is 3.19. The van der Waals surface area contributed by atoms with Gasteiger partial charge < -0.3 is 14.8 Å². The molecule has 1 N–H and O–H groups in total. The standard InChI is InChI=1S/C26H27ClN2O5S/c1-17-14-20-16-19(26(30)28-13-12-18-4-11-24(33-2)25(15-18)34-3)5-10-23(20)29(17)35(31,32)22-8-6-21(27)7-9-22/h4-11,15-17H,12-14H2,1-3H3,(H,28,30)/t17-/m0/s1. The van der Waals surface area contributed by atoms with Crippen LogP contribution in [-0.2, 0) is 22.9 Å². The number of methoxy groups -OCH3 is 2. The highest BCUT2D eigenvalue weighted by Crippen LogP contribution is 2.37. The number of anilines is 1. The number of hydrogen-bond acceptors (Lipinski definition) is 5. The molecule has 1 amide bonds. The second-order valence-corrected chi connectivity index (χ2v) is 10.6. The van der Waals surface area contributed by atoms with Crippen molar-refractivity contribution in [2.75, 3.05) is 25.1 Å². The van der Waals surface area contributed by atoms with Gasteiger partial charge in [0, 0.05) is 23.2 Å². The summed E-state index contributed by atoms with van der Waals surface area (Å²) < 4.78 is 38.6. The van der Waals surface area contributed by atoms with Gasteiger partial charge in [-0.3, -0.25) is 9.10 Å². The number of sulfonamides is 1. The molecule has 0 saturated carbocycles. The summed E-state index contributed by atoms with van der Waals surface area (Å²) in [6.07, 6.45) is 1.15. The number of nitrogens with zero attached hydrogens (tertiary/aromatic N) is 1. The molecule has 0 aromatic heterocycles. The average molecular weight is 515 g/mol. The van der Waals surface area contributed by atoms with Gasteiger partial charge in [-0.25, -0.2) is 8.42 Å². The Balaban J connectivity index is 1.46. The minimum Gasteiger partial charge on any atom is -0.493 e. The predicted molar refractivity (Wildman–Crippen MR) is 136 cm³/mol. The molecule has 1 aliphatic rings. The number of carbonyl (C=O) groups is 1. The molecule has 4 rings (SSSR count). The Kier molecular flexibility index (Phi) is 7.23. The lowest BCUT2D eigenvalue weighted by Crippen LogP contribution is -2.35. The monoisotopic (exact) mass is 514 g/mol. The summed E-state index contributed by atoms with van der Waals surface area (Å²) >= 11 is 5.92. The first-order valence-corrected chi connectivity index (χ1v) is 13.0. The van der Waals surface area contributed by atoms with Crippen molar-refractivity contribution in [3.8, 4) is 11.5 Å². The molecular weight excluding hydrogens is 488 g/mol. The van der Waals surface area contributed by atoms with Crippen LogP contribution in [0, 0.1) is 0 Å². The molecule has 0 radical (unpaired) electrons. The van der Waals surface area contributed by atoms with Crippen LogP contribution in [0.2, 0.25) is 5.02 Å². The normalized spacial score (nSPS) is 15.0. The molecule has 3 aromatic carbocycles. The van der Waals surface area contributed by atoms with Crippen LogP contribution >= 0.6 is 11.6 Å². The predicted octanol–water partition coefficient (Wildman–Crippen LogP) is 4.47. The summed E-state index contributed by atoms with van der Waals surface area (Å²) in [7, 11) is -0.584. The number of halogens is 1. The molecule has 7 nitrogen and oxygen atoms in total. The maximum absolute atomic E-state index is 13.3. The van der Waals surface area contributed by atoms with Crippen molar-refractivity contribution < 1.29 is 22.7 Å². The molecule has 35 heavy (non-hydrogen) atoms. The van der Waals surface area contributed by atoms with E-state index in [2.05, 4.69) is 5.32 Å². The van der Waals surface area contributed by atoms with Crippen molar-refractivity contribution in [1.82, 2.24) is 5.32 Å². The van der Waals surface area contributed by atoms with Gasteiger partial charge in [0.05, 0.1) is 24.8 Å². The van der Waals surface area contributed by atoms with Crippen LogP contribution in [0.3, 0.4) is 0 Å². The number of carbonyl (C=O) groups excluding carboxylic acids is 1. The Morgan fingerprint density at radius 1 is 1.03 bits per heavy atom. The Labute approximate surface area is 210 Å². The van der Waals surface area contributed by atoms with E-state index >= 15 is 0 Å². The highest BCUT2D eigenvalue weighted by molar-refractivity contribution is 7.92. The summed E-state index contributed by atoms with van der Waals surface area (Å²) in [6.45, 7) is 2.30. The van der Waals surface area contributed by atoms with E-state index in [4.69, 9.17) is 21.1 Å². The number of hydrogen-bond donors (Lipinski definition) is 1. The van der Waals surface area contributed by atoms with Gasteiger partial charge in [-0.15, -0.1) is 0 Å². The zero-order valence-corrected chi connectivity index (χ0v) is 21.3. The summed E-state index contributed by atoms with van der Waals surface area (Å²) in [5.74, 6) is 1.09. The SMILES string of the molecule is COc1ccc(CCNC(=O)c2ccc3c(c2)C[C@H](C)N3S(=O)(=O)c2ccc(Cl)cc2)cc1OC. The van der Waals surface area contributed by atoms with Crippen molar-refractivity contribution in [2.24, 2.45) is 0 Å². The fraction of sp³-hybridized carbons (Fsp3) is 0.269. The second-order valence-electron chi connectivity index (χ2n) is 8.35. The van der Waals surface area contributed by atoms with E-state index in [0.29, 0.717) is 47.2 Å². The molecule has 1 atom stereocenters. The molecule has 0 saturated heterocycles. The highest BCUT2D eigenvalue weighted by atomic mass is 35.5. The van der Waals surface area contributed by atoms with Gasteiger partial charge in [0.15, 0.2) is 11.5 Å². The van der Waals surface area contributed by atoms with Gasteiger partial charge in [-0.05, 0) is 85.5 Å².